The Morgan fingerprint density at radius 3 is 2.45 bits per heavy atom. The zero-order valence-corrected chi connectivity index (χ0v) is 18.6. The molecule has 0 aromatic heterocycles. The molecule has 0 radical (unpaired) electrons. The highest BCUT2D eigenvalue weighted by atomic mass is 79.9. The van der Waals surface area contributed by atoms with Crippen molar-refractivity contribution in [1.82, 2.24) is 5.32 Å². The van der Waals surface area contributed by atoms with E-state index in [4.69, 9.17) is 17.0 Å². The molecule has 8 heteroatoms. The Morgan fingerprint density at radius 1 is 1.17 bits per heavy atom. The first-order valence-electron chi connectivity index (χ1n) is 8.93. The fraction of sp³-hybridized carbons (Fsp3) is 0.190. The van der Waals surface area contributed by atoms with Gasteiger partial charge in [0, 0.05) is 18.6 Å². The van der Waals surface area contributed by atoms with E-state index in [1.54, 1.807) is 30.3 Å². The predicted octanol–water partition coefficient (Wildman–Crippen LogP) is 3.75. The van der Waals surface area contributed by atoms with Crippen LogP contribution in [0, 0.1) is 0 Å². The molecule has 29 heavy (non-hydrogen) atoms. The highest BCUT2D eigenvalue weighted by Crippen LogP contribution is 2.28. The number of hydrogen-bond donors (Lipinski definition) is 1. The van der Waals surface area contributed by atoms with Crippen molar-refractivity contribution in [2.75, 3.05) is 30.5 Å². The van der Waals surface area contributed by atoms with Crippen molar-refractivity contribution in [3.05, 3.63) is 58.1 Å². The largest absolute Gasteiger partial charge is 0.494 e. The number of hydrogen-bond acceptors (Lipinski definition) is 5. The lowest BCUT2D eigenvalue weighted by Crippen LogP contribution is -2.54. The molecular weight excluding hydrogens is 454 g/mol. The first kappa shape index (κ1) is 21.0. The molecule has 0 atom stereocenters. The van der Waals surface area contributed by atoms with E-state index in [0.717, 1.165) is 15.7 Å². The summed E-state index contributed by atoms with van der Waals surface area (Å²) < 4.78 is 6.29. The van der Waals surface area contributed by atoms with Crippen LogP contribution in [0.25, 0.3) is 6.08 Å². The highest BCUT2D eigenvalue weighted by Gasteiger charge is 2.34. The van der Waals surface area contributed by atoms with Gasteiger partial charge in [-0.2, -0.15) is 0 Å². The molecule has 1 aliphatic rings. The van der Waals surface area contributed by atoms with Gasteiger partial charge in [0.15, 0.2) is 5.11 Å². The van der Waals surface area contributed by atoms with Gasteiger partial charge in [-0.3, -0.25) is 19.8 Å². The summed E-state index contributed by atoms with van der Waals surface area (Å²) in [7, 11) is 3.87. The van der Waals surface area contributed by atoms with Gasteiger partial charge in [0.05, 0.1) is 18.0 Å². The highest BCUT2D eigenvalue weighted by molar-refractivity contribution is 9.10. The molecule has 0 unspecified atom stereocenters. The van der Waals surface area contributed by atoms with Gasteiger partial charge in [0.25, 0.3) is 11.8 Å². The van der Waals surface area contributed by atoms with Crippen LogP contribution in [0.1, 0.15) is 12.5 Å². The molecule has 1 heterocycles. The van der Waals surface area contributed by atoms with E-state index in [0.29, 0.717) is 18.0 Å². The summed E-state index contributed by atoms with van der Waals surface area (Å²) in [6.45, 7) is 2.44. The fourth-order valence-electron chi connectivity index (χ4n) is 2.89. The number of thiocarbonyl (C=S) groups is 1. The topological polar surface area (TPSA) is 61.9 Å². The van der Waals surface area contributed by atoms with E-state index in [9.17, 15) is 9.59 Å². The molecule has 1 aliphatic heterocycles. The number of anilines is 2. The van der Waals surface area contributed by atoms with Gasteiger partial charge >= 0.3 is 0 Å². The number of ether oxygens (including phenoxy) is 1. The SMILES string of the molecule is CCOc1ccc(N2C(=O)/C(=C\c3ccc(N(C)C)c(Br)c3)C(=O)NC2=S)cc1. The molecule has 0 aliphatic carbocycles. The Bertz CT molecular complexity index is 1000. The van der Waals surface area contributed by atoms with Crippen LogP contribution in [0.2, 0.25) is 0 Å². The number of halogens is 1. The quantitative estimate of drug-likeness (QED) is 0.407. The van der Waals surface area contributed by atoms with Crippen LogP contribution < -0.4 is 19.9 Å². The lowest BCUT2D eigenvalue weighted by Gasteiger charge is -2.29. The molecule has 0 saturated carbocycles. The van der Waals surface area contributed by atoms with Gasteiger partial charge < -0.3 is 9.64 Å². The Balaban J connectivity index is 1.94. The van der Waals surface area contributed by atoms with E-state index in [1.165, 1.54) is 4.90 Å². The molecule has 2 aromatic rings. The molecule has 2 aromatic carbocycles. The summed E-state index contributed by atoms with van der Waals surface area (Å²) in [6, 6.07) is 12.6. The van der Waals surface area contributed by atoms with E-state index in [2.05, 4.69) is 21.2 Å². The second-order valence-corrected chi connectivity index (χ2v) is 7.73. The molecule has 150 valence electrons. The molecule has 1 fully saturated rings. The molecule has 0 bridgehead atoms. The smallest absolute Gasteiger partial charge is 0.270 e. The standard InChI is InChI=1S/C21H20BrN3O3S/c1-4-28-15-8-6-14(7-9-15)25-20(27)16(19(26)23-21(25)29)11-13-5-10-18(24(2)3)17(22)12-13/h5-12H,4H2,1-3H3,(H,23,26,29)/b16-11-. The molecule has 0 spiro atoms. The minimum Gasteiger partial charge on any atom is -0.494 e. The van der Waals surface area contributed by atoms with Gasteiger partial charge in [-0.25, -0.2) is 0 Å². The molecular formula is C21H20BrN3O3S. The van der Waals surface area contributed by atoms with Crippen molar-refractivity contribution in [2.24, 2.45) is 0 Å². The maximum atomic E-state index is 13.1. The molecule has 1 saturated heterocycles. The maximum Gasteiger partial charge on any atom is 0.270 e. The van der Waals surface area contributed by atoms with E-state index >= 15 is 0 Å². The fourth-order valence-corrected chi connectivity index (χ4v) is 3.92. The third-order valence-corrected chi connectivity index (χ3v) is 5.19. The number of nitrogens with one attached hydrogen (secondary N) is 1. The van der Waals surface area contributed by atoms with Crippen LogP contribution in [0.4, 0.5) is 11.4 Å². The zero-order valence-electron chi connectivity index (χ0n) is 16.2. The monoisotopic (exact) mass is 473 g/mol. The van der Waals surface area contributed by atoms with Gasteiger partial charge in [0.2, 0.25) is 0 Å². The summed E-state index contributed by atoms with van der Waals surface area (Å²) >= 11 is 8.75. The Morgan fingerprint density at radius 2 is 1.86 bits per heavy atom. The zero-order chi connectivity index (χ0) is 21.1. The van der Waals surface area contributed by atoms with Crippen molar-refractivity contribution >= 4 is 62.5 Å². The average Bonchev–Trinajstić information content (AvgIpc) is 2.66. The first-order valence-corrected chi connectivity index (χ1v) is 10.1. The van der Waals surface area contributed by atoms with Crippen molar-refractivity contribution in [3.63, 3.8) is 0 Å². The van der Waals surface area contributed by atoms with Gasteiger partial charge in [-0.1, -0.05) is 6.07 Å². The van der Waals surface area contributed by atoms with Crippen LogP contribution in [-0.2, 0) is 9.59 Å². The Kier molecular flexibility index (Phi) is 6.34. The lowest BCUT2D eigenvalue weighted by molar-refractivity contribution is -0.122. The second-order valence-electron chi connectivity index (χ2n) is 6.49. The number of rotatable bonds is 5. The van der Waals surface area contributed by atoms with Crippen LogP contribution >= 0.6 is 28.1 Å². The normalized spacial score (nSPS) is 15.5. The van der Waals surface area contributed by atoms with Crippen LogP contribution in [0.15, 0.2) is 52.5 Å². The Labute approximate surface area is 183 Å². The molecule has 6 nitrogen and oxygen atoms in total. The Hall–Kier alpha value is -2.71. The van der Waals surface area contributed by atoms with E-state index in [-0.39, 0.29) is 10.7 Å². The summed E-state index contributed by atoms with van der Waals surface area (Å²) in [5, 5.41) is 2.64. The minimum atomic E-state index is -0.519. The molecule has 2 amide bonds. The van der Waals surface area contributed by atoms with Crippen molar-refractivity contribution in [1.29, 1.82) is 0 Å². The number of amides is 2. The van der Waals surface area contributed by atoms with E-state index in [1.807, 2.05) is 44.1 Å². The van der Waals surface area contributed by atoms with Gasteiger partial charge in [0.1, 0.15) is 11.3 Å². The molecule has 1 N–H and O–H groups in total. The van der Waals surface area contributed by atoms with Crippen LogP contribution in [0.5, 0.6) is 5.75 Å². The van der Waals surface area contributed by atoms with Crippen molar-refractivity contribution < 1.29 is 14.3 Å². The summed E-state index contributed by atoms with van der Waals surface area (Å²) in [4.78, 5) is 28.8. The summed E-state index contributed by atoms with van der Waals surface area (Å²) in [5.74, 6) is -0.303. The second kappa shape index (κ2) is 8.75. The maximum absolute atomic E-state index is 13.1. The first-order chi connectivity index (χ1) is 13.8. The van der Waals surface area contributed by atoms with Crippen molar-refractivity contribution in [3.8, 4) is 5.75 Å². The number of nitrogens with zero attached hydrogens (tertiary/aromatic N) is 2. The molecule has 3 rings (SSSR count). The van der Waals surface area contributed by atoms with Crippen molar-refractivity contribution in [2.45, 2.75) is 6.92 Å². The number of benzene rings is 2. The average molecular weight is 474 g/mol. The van der Waals surface area contributed by atoms with E-state index < -0.39 is 11.8 Å². The summed E-state index contributed by atoms with van der Waals surface area (Å²) in [6.07, 6.45) is 1.56. The lowest BCUT2D eigenvalue weighted by atomic mass is 10.1. The number of carbonyl (C=O) groups is 2. The van der Waals surface area contributed by atoms with Crippen LogP contribution in [0.3, 0.4) is 0 Å². The third-order valence-electron chi connectivity index (χ3n) is 4.27. The van der Waals surface area contributed by atoms with Crippen LogP contribution in [-0.4, -0.2) is 37.6 Å². The minimum absolute atomic E-state index is 0.0111. The third kappa shape index (κ3) is 4.49. The van der Waals surface area contributed by atoms with Gasteiger partial charge in [-0.15, -0.1) is 0 Å². The predicted molar refractivity (Wildman–Crippen MR) is 122 cm³/mol. The summed E-state index contributed by atoms with van der Waals surface area (Å²) in [5.41, 5.74) is 2.28. The van der Waals surface area contributed by atoms with Gasteiger partial charge in [-0.05, 0) is 83.1 Å². The number of carbonyl (C=O) groups excluding carboxylic acids is 2.